The summed E-state index contributed by atoms with van der Waals surface area (Å²) >= 11 is 0. The minimum atomic E-state index is -4.50. The first kappa shape index (κ1) is 10.5. The number of rotatable bonds is 0. The number of nitrogens with zero attached hydrogens (tertiary/aromatic N) is 2. The molecule has 1 aromatic rings. The fraction of sp³-hybridized carbons (Fsp3) is 0.250. The Morgan fingerprint density at radius 1 is 1.43 bits per heavy atom. The molecule has 6 heteroatoms. The van der Waals surface area contributed by atoms with Crippen LogP contribution in [0, 0.1) is 11.8 Å². The fourth-order valence-electron chi connectivity index (χ4n) is 0.695. The van der Waals surface area contributed by atoms with Gasteiger partial charge in [-0.25, -0.2) is 9.97 Å². The van der Waals surface area contributed by atoms with Gasteiger partial charge in [-0.1, -0.05) is 5.92 Å². The maximum absolute atomic E-state index is 12.1. The first-order chi connectivity index (χ1) is 6.54. The van der Waals surface area contributed by atoms with E-state index in [1.54, 1.807) is 0 Å². The van der Waals surface area contributed by atoms with E-state index in [1.807, 2.05) is 0 Å². The van der Waals surface area contributed by atoms with E-state index in [1.165, 1.54) is 0 Å². The van der Waals surface area contributed by atoms with Gasteiger partial charge >= 0.3 is 6.18 Å². The Hall–Kier alpha value is -1.61. The molecule has 0 atom stereocenters. The van der Waals surface area contributed by atoms with Crippen LogP contribution in [0.2, 0.25) is 0 Å². The van der Waals surface area contributed by atoms with Crippen LogP contribution in [0.15, 0.2) is 12.3 Å². The topological polar surface area (TPSA) is 46.0 Å². The Bertz CT molecular complexity index is 378. The van der Waals surface area contributed by atoms with Gasteiger partial charge in [-0.3, -0.25) is 0 Å². The van der Waals surface area contributed by atoms with Crippen molar-refractivity contribution in [1.82, 2.24) is 9.97 Å². The highest BCUT2D eigenvalue weighted by Crippen LogP contribution is 2.26. The van der Waals surface area contributed by atoms with Crippen LogP contribution in [0.4, 0.5) is 13.2 Å². The summed E-state index contributed by atoms with van der Waals surface area (Å²) in [6.07, 6.45) is -3.53. The van der Waals surface area contributed by atoms with E-state index >= 15 is 0 Å². The van der Waals surface area contributed by atoms with Crippen LogP contribution in [0.25, 0.3) is 0 Å². The molecule has 0 radical (unpaired) electrons. The summed E-state index contributed by atoms with van der Waals surface area (Å²) in [6.45, 7) is -0.445. The SMILES string of the molecule is OCC#Cc1nccc(C(F)(F)F)n1. The Morgan fingerprint density at radius 2 is 2.14 bits per heavy atom. The minimum absolute atomic E-state index is 0.256. The lowest BCUT2D eigenvalue weighted by atomic mass is 10.4. The number of halogens is 3. The van der Waals surface area contributed by atoms with Crippen molar-refractivity contribution < 1.29 is 18.3 Å². The van der Waals surface area contributed by atoms with Crippen molar-refractivity contribution in [3.63, 3.8) is 0 Å². The van der Waals surface area contributed by atoms with E-state index in [0.717, 1.165) is 12.3 Å². The first-order valence-electron chi connectivity index (χ1n) is 3.54. The standard InChI is InChI=1S/C8H5F3N2O/c9-8(10,11)6-3-4-12-7(13-6)2-1-5-14/h3-4,14H,5H2. The molecule has 0 spiro atoms. The van der Waals surface area contributed by atoms with Gasteiger partial charge in [0.2, 0.25) is 5.82 Å². The Balaban J connectivity index is 3.02. The predicted molar refractivity (Wildman–Crippen MR) is 41.0 cm³/mol. The zero-order valence-electron chi connectivity index (χ0n) is 6.84. The molecule has 0 amide bonds. The van der Waals surface area contributed by atoms with Crippen molar-refractivity contribution in [2.45, 2.75) is 6.18 Å². The Kier molecular flexibility index (Phi) is 3.04. The molecule has 1 aromatic heterocycles. The predicted octanol–water partition coefficient (Wildman–Crippen LogP) is 0.839. The van der Waals surface area contributed by atoms with Crippen molar-refractivity contribution >= 4 is 0 Å². The van der Waals surface area contributed by atoms with Gasteiger partial charge in [-0.05, 0) is 12.0 Å². The Labute approximate surface area is 77.6 Å². The lowest BCUT2D eigenvalue weighted by molar-refractivity contribution is -0.141. The van der Waals surface area contributed by atoms with Crippen LogP contribution >= 0.6 is 0 Å². The normalized spacial score (nSPS) is 10.6. The second-order valence-electron chi connectivity index (χ2n) is 2.22. The lowest BCUT2D eigenvalue weighted by Gasteiger charge is -2.03. The number of aromatic nitrogens is 2. The van der Waals surface area contributed by atoms with Crippen LogP contribution in [0.3, 0.4) is 0 Å². The van der Waals surface area contributed by atoms with Crippen LogP contribution in [0.5, 0.6) is 0 Å². The molecule has 0 bridgehead atoms. The maximum atomic E-state index is 12.1. The van der Waals surface area contributed by atoms with Gasteiger partial charge in [0.15, 0.2) is 0 Å². The van der Waals surface area contributed by atoms with E-state index in [9.17, 15) is 13.2 Å². The number of aliphatic hydroxyl groups is 1. The zero-order valence-corrected chi connectivity index (χ0v) is 6.84. The molecule has 1 N–H and O–H groups in total. The summed E-state index contributed by atoms with van der Waals surface area (Å²) in [5.41, 5.74) is -1.05. The number of hydrogen-bond acceptors (Lipinski definition) is 3. The van der Waals surface area contributed by atoms with Gasteiger partial charge in [0.1, 0.15) is 12.3 Å². The highest BCUT2D eigenvalue weighted by molar-refractivity contribution is 5.22. The smallest absolute Gasteiger partial charge is 0.384 e. The average Bonchev–Trinajstić information content (AvgIpc) is 2.14. The van der Waals surface area contributed by atoms with Gasteiger partial charge in [0.05, 0.1) is 0 Å². The molecular formula is C8H5F3N2O. The molecule has 0 aliphatic carbocycles. The summed E-state index contributed by atoms with van der Waals surface area (Å²) in [7, 11) is 0. The third-order valence-electron chi connectivity index (χ3n) is 1.23. The molecule has 74 valence electrons. The molecule has 0 saturated heterocycles. The molecular weight excluding hydrogens is 197 g/mol. The second-order valence-corrected chi connectivity index (χ2v) is 2.22. The molecule has 0 unspecified atom stereocenters. The summed E-state index contributed by atoms with van der Waals surface area (Å²) in [5, 5.41) is 8.31. The number of hydrogen-bond donors (Lipinski definition) is 1. The van der Waals surface area contributed by atoms with Gasteiger partial charge in [0, 0.05) is 6.20 Å². The minimum Gasteiger partial charge on any atom is -0.384 e. The van der Waals surface area contributed by atoms with Gasteiger partial charge in [-0.2, -0.15) is 13.2 Å². The summed E-state index contributed by atoms with van der Waals surface area (Å²) in [4.78, 5) is 6.66. The average molecular weight is 202 g/mol. The van der Waals surface area contributed by atoms with Crippen molar-refractivity contribution in [1.29, 1.82) is 0 Å². The second kappa shape index (κ2) is 4.07. The van der Waals surface area contributed by atoms with Crippen molar-refractivity contribution in [3.05, 3.63) is 23.8 Å². The van der Waals surface area contributed by atoms with Gasteiger partial charge in [-0.15, -0.1) is 0 Å². The molecule has 3 nitrogen and oxygen atoms in total. The third-order valence-corrected chi connectivity index (χ3v) is 1.23. The van der Waals surface area contributed by atoms with Crippen LogP contribution in [0.1, 0.15) is 11.5 Å². The summed E-state index contributed by atoms with van der Waals surface area (Å²) < 4.78 is 36.3. The van der Waals surface area contributed by atoms with Crippen molar-refractivity contribution in [3.8, 4) is 11.8 Å². The third kappa shape index (κ3) is 2.71. The fourth-order valence-corrected chi connectivity index (χ4v) is 0.695. The van der Waals surface area contributed by atoms with Crippen LogP contribution in [-0.4, -0.2) is 21.7 Å². The Morgan fingerprint density at radius 3 is 2.71 bits per heavy atom. The molecule has 14 heavy (non-hydrogen) atoms. The van der Waals surface area contributed by atoms with E-state index in [-0.39, 0.29) is 5.82 Å². The molecule has 1 rings (SSSR count). The highest BCUT2D eigenvalue weighted by atomic mass is 19.4. The van der Waals surface area contributed by atoms with Crippen LogP contribution < -0.4 is 0 Å². The van der Waals surface area contributed by atoms with Gasteiger partial charge in [0.25, 0.3) is 0 Å². The summed E-state index contributed by atoms with van der Waals surface area (Å²) in [5.74, 6) is 4.09. The van der Waals surface area contributed by atoms with E-state index in [0.29, 0.717) is 0 Å². The number of aliphatic hydroxyl groups excluding tert-OH is 1. The lowest BCUT2D eigenvalue weighted by Crippen LogP contribution is -2.09. The zero-order chi connectivity index (χ0) is 10.6. The molecule has 0 fully saturated rings. The summed E-state index contributed by atoms with van der Waals surface area (Å²) in [6, 6.07) is 0.754. The molecule has 0 aromatic carbocycles. The van der Waals surface area contributed by atoms with Crippen molar-refractivity contribution in [2.24, 2.45) is 0 Å². The van der Waals surface area contributed by atoms with Gasteiger partial charge < -0.3 is 5.11 Å². The monoisotopic (exact) mass is 202 g/mol. The first-order valence-corrected chi connectivity index (χ1v) is 3.54. The molecule has 0 aliphatic heterocycles. The molecule has 0 aliphatic rings. The molecule has 0 saturated carbocycles. The van der Waals surface area contributed by atoms with E-state index in [4.69, 9.17) is 5.11 Å². The largest absolute Gasteiger partial charge is 0.433 e. The van der Waals surface area contributed by atoms with Crippen molar-refractivity contribution in [2.75, 3.05) is 6.61 Å². The van der Waals surface area contributed by atoms with E-state index in [2.05, 4.69) is 21.8 Å². The highest BCUT2D eigenvalue weighted by Gasteiger charge is 2.32. The van der Waals surface area contributed by atoms with E-state index < -0.39 is 18.5 Å². The van der Waals surface area contributed by atoms with Crippen LogP contribution in [-0.2, 0) is 6.18 Å². The molecule has 1 heterocycles. The maximum Gasteiger partial charge on any atom is 0.433 e. The quantitative estimate of drug-likeness (QED) is 0.634. The number of alkyl halides is 3.